The van der Waals surface area contributed by atoms with Crippen LogP contribution in [0.2, 0.25) is 0 Å². The molecule has 1 heterocycles. The molecule has 1 aliphatic rings. The number of morpholine rings is 1. The Balaban J connectivity index is 1.55. The number of ether oxygens (including phenoxy) is 2. The highest BCUT2D eigenvalue weighted by molar-refractivity contribution is 7.89. The Hall–Kier alpha value is -3.74. The second kappa shape index (κ2) is 11.3. The first-order valence-corrected chi connectivity index (χ1v) is 12.9. The van der Waals surface area contributed by atoms with E-state index in [-0.39, 0.29) is 42.4 Å². The van der Waals surface area contributed by atoms with E-state index in [0.717, 1.165) is 24.3 Å². The van der Waals surface area contributed by atoms with Crippen molar-refractivity contribution < 1.29 is 40.7 Å². The number of nitrogens with one attached hydrogen (secondary N) is 1. The van der Waals surface area contributed by atoms with E-state index in [4.69, 9.17) is 9.47 Å². The van der Waals surface area contributed by atoms with Crippen molar-refractivity contribution in [2.75, 3.05) is 31.6 Å². The fraction of sp³-hybridized carbons (Fsp3) is 0.231. The lowest BCUT2D eigenvalue weighted by Gasteiger charge is -2.26. The van der Waals surface area contributed by atoms with E-state index in [0.29, 0.717) is 5.56 Å². The quantitative estimate of drug-likeness (QED) is 0.443. The number of hydrogen-bond donors (Lipinski definition) is 1. The van der Waals surface area contributed by atoms with Gasteiger partial charge in [-0.25, -0.2) is 13.2 Å². The zero-order chi connectivity index (χ0) is 27.3. The summed E-state index contributed by atoms with van der Waals surface area (Å²) in [5.41, 5.74) is -0.651. The van der Waals surface area contributed by atoms with Crippen LogP contribution in [0.3, 0.4) is 0 Å². The minimum atomic E-state index is -4.57. The molecule has 8 nitrogen and oxygen atoms in total. The van der Waals surface area contributed by atoms with E-state index in [1.807, 2.05) is 0 Å². The summed E-state index contributed by atoms with van der Waals surface area (Å²) in [7, 11) is -3.83. The molecule has 1 saturated heterocycles. The number of carbonyl (C=O) groups excluding carboxylic acids is 2. The number of sulfonamides is 1. The molecule has 0 bridgehead atoms. The molecule has 3 aromatic carbocycles. The number of halogens is 3. The predicted octanol–water partition coefficient (Wildman–Crippen LogP) is 4.26. The number of esters is 1. The number of alkyl halides is 3. The van der Waals surface area contributed by atoms with Gasteiger partial charge in [0.05, 0.1) is 29.2 Å². The summed E-state index contributed by atoms with van der Waals surface area (Å²) in [6.07, 6.45) is -6.04. The van der Waals surface area contributed by atoms with Crippen molar-refractivity contribution in [1.82, 2.24) is 4.31 Å². The number of benzene rings is 3. The van der Waals surface area contributed by atoms with Gasteiger partial charge in [0.25, 0.3) is 5.91 Å². The average Bonchev–Trinajstić information content (AvgIpc) is 2.92. The number of carbonyl (C=O) groups is 2. The first kappa shape index (κ1) is 27.3. The summed E-state index contributed by atoms with van der Waals surface area (Å²) >= 11 is 0. The van der Waals surface area contributed by atoms with Gasteiger partial charge in [-0.3, -0.25) is 4.79 Å². The third-order valence-electron chi connectivity index (χ3n) is 5.72. The normalized spacial score (nSPS) is 15.4. The molecule has 38 heavy (non-hydrogen) atoms. The van der Waals surface area contributed by atoms with Crippen LogP contribution >= 0.6 is 0 Å². The Morgan fingerprint density at radius 1 is 0.921 bits per heavy atom. The molecule has 3 aromatic rings. The van der Waals surface area contributed by atoms with Crippen molar-refractivity contribution in [1.29, 1.82) is 0 Å². The lowest BCUT2D eigenvalue weighted by Crippen LogP contribution is -2.40. The van der Waals surface area contributed by atoms with Gasteiger partial charge in [-0.2, -0.15) is 17.5 Å². The molecule has 1 atom stereocenters. The summed E-state index contributed by atoms with van der Waals surface area (Å²) in [6.45, 7) is 0.960. The SMILES string of the molecule is O=C(O[C@H](C(=O)Nc1cccc(S(=O)(=O)N2CCOCC2)c1)c1ccccc1)c1ccc(C(F)(F)F)cc1. The predicted molar refractivity (Wildman–Crippen MR) is 131 cm³/mol. The summed E-state index contributed by atoms with van der Waals surface area (Å²) in [5.74, 6) is -1.79. The number of amides is 1. The first-order valence-electron chi connectivity index (χ1n) is 11.5. The third-order valence-corrected chi connectivity index (χ3v) is 7.62. The maximum atomic E-state index is 13.2. The van der Waals surface area contributed by atoms with Gasteiger partial charge < -0.3 is 14.8 Å². The van der Waals surface area contributed by atoms with E-state index in [9.17, 15) is 31.2 Å². The smallest absolute Gasteiger partial charge is 0.416 e. The minimum absolute atomic E-state index is 0.0322. The van der Waals surface area contributed by atoms with Crippen molar-refractivity contribution in [3.05, 3.63) is 95.6 Å². The van der Waals surface area contributed by atoms with Crippen LogP contribution in [0.25, 0.3) is 0 Å². The molecule has 1 amide bonds. The topological polar surface area (TPSA) is 102 Å². The molecule has 200 valence electrons. The van der Waals surface area contributed by atoms with Crippen molar-refractivity contribution in [2.24, 2.45) is 0 Å². The van der Waals surface area contributed by atoms with Crippen LogP contribution in [0, 0.1) is 0 Å². The second-order valence-electron chi connectivity index (χ2n) is 8.30. The Bertz CT molecular complexity index is 1390. The maximum absolute atomic E-state index is 13.2. The number of nitrogens with zero attached hydrogens (tertiary/aromatic N) is 1. The summed E-state index contributed by atoms with van der Waals surface area (Å²) < 4.78 is 76.4. The Labute approximate surface area is 217 Å². The van der Waals surface area contributed by atoms with Crippen LogP contribution < -0.4 is 5.32 Å². The Morgan fingerprint density at radius 2 is 1.58 bits per heavy atom. The summed E-state index contributed by atoms with van der Waals surface area (Å²) in [5, 5.41) is 2.57. The van der Waals surface area contributed by atoms with E-state index >= 15 is 0 Å². The van der Waals surface area contributed by atoms with E-state index in [2.05, 4.69) is 5.32 Å². The molecule has 0 unspecified atom stereocenters. The number of rotatable bonds is 7. The molecule has 0 aliphatic carbocycles. The molecule has 1 fully saturated rings. The zero-order valence-corrected chi connectivity index (χ0v) is 20.7. The Kier molecular flexibility index (Phi) is 8.14. The largest absolute Gasteiger partial charge is 0.444 e. The number of anilines is 1. The van der Waals surface area contributed by atoms with Gasteiger partial charge in [0, 0.05) is 24.3 Å². The third kappa shape index (κ3) is 6.39. The highest BCUT2D eigenvalue weighted by Crippen LogP contribution is 2.30. The van der Waals surface area contributed by atoms with Crippen molar-refractivity contribution in [3.63, 3.8) is 0 Å². The van der Waals surface area contributed by atoms with Crippen molar-refractivity contribution in [2.45, 2.75) is 17.2 Å². The number of hydrogen-bond acceptors (Lipinski definition) is 6. The fourth-order valence-corrected chi connectivity index (χ4v) is 5.20. The monoisotopic (exact) mass is 548 g/mol. The van der Waals surface area contributed by atoms with Crippen LogP contribution in [0.4, 0.5) is 18.9 Å². The van der Waals surface area contributed by atoms with E-state index in [1.165, 1.54) is 28.6 Å². The molecule has 0 spiro atoms. The molecule has 0 saturated carbocycles. The first-order chi connectivity index (χ1) is 18.1. The van der Waals surface area contributed by atoms with Crippen LogP contribution in [0.5, 0.6) is 0 Å². The molecular formula is C26H23F3N2O6S. The standard InChI is InChI=1S/C26H23F3N2O6S/c27-26(28,29)20-11-9-19(10-12-20)25(33)37-23(18-5-2-1-3-6-18)24(32)30-21-7-4-8-22(17-21)38(34,35)31-13-15-36-16-14-31/h1-12,17,23H,13-16H2,(H,30,32)/t23-/m0/s1. The highest BCUT2D eigenvalue weighted by atomic mass is 32.2. The van der Waals surface area contributed by atoms with Gasteiger partial charge in [0.2, 0.25) is 16.1 Å². The van der Waals surface area contributed by atoms with Gasteiger partial charge in [0.15, 0.2) is 0 Å². The molecule has 12 heteroatoms. The van der Waals surface area contributed by atoms with Gasteiger partial charge in [0.1, 0.15) is 0 Å². The van der Waals surface area contributed by atoms with E-state index < -0.39 is 39.7 Å². The lowest BCUT2D eigenvalue weighted by atomic mass is 10.1. The molecule has 0 radical (unpaired) electrons. The molecular weight excluding hydrogens is 525 g/mol. The van der Waals surface area contributed by atoms with Crippen molar-refractivity contribution >= 4 is 27.6 Å². The minimum Gasteiger partial charge on any atom is -0.444 e. The fourth-order valence-electron chi connectivity index (χ4n) is 3.75. The van der Waals surface area contributed by atoms with Gasteiger partial charge in [-0.15, -0.1) is 0 Å². The molecule has 0 aromatic heterocycles. The summed E-state index contributed by atoms with van der Waals surface area (Å²) in [4.78, 5) is 25.9. The summed E-state index contributed by atoms with van der Waals surface area (Å²) in [6, 6.07) is 17.1. The molecule has 1 aliphatic heterocycles. The van der Waals surface area contributed by atoms with Crippen LogP contribution in [0.1, 0.15) is 27.6 Å². The van der Waals surface area contributed by atoms with Crippen LogP contribution in [0.15, 0.2) is 83.8 Å². The lowest BCUT2D eigenvalue weighted by molar-refractivity contribution is -0.137. The zero-order valence-electron chi connectivity index (χ0n) is 19.9. The van der Waals surface area contributed by atoms with E-state index in [1.54, 1.807) is 30.3 Å². The van der Waals surface area contributed by atoms with Crippen LogP contribution in [-0.4, -0.2) is 50.9 Å². The molecule has 1 N–H and O–H groups in total. The highest BCUT2D eigenvalue weighted by Gasteiger charge is 2.31. The van der Waals surface area contributed by atoms with Crippen molar-refractivity contribution in [3.8, 4) is 0 Å². The van der Waals surface area contributed by atoms with Gasteiger partial charge in [-0.05, 0) is 42.5 Å². The second-order valence-corrected chi connectivity index (χ2v) is 10.2. The Morgan fingerprint density at radius 3 is 2.21 bits per heavy atom. The maximum Gasteiger partial charge on any atom is 0.416 e. The average molecular weight is 549 g/mol. The molecule has 4 rings (SSSR count). The van der Waals surface area contributed by atoms with Crippen LogP contribution in [-0.2, 0) is 30.5 Å². The van der Waals surface area contributed by atoms with Gasteiger partial charge >= 0.3 is 12.1 Å². The van der Waals surface area contributed by atoms with Gasteiger partial charge in [-0.1, -0.05) is 36.4 Å².